The van der Waals surface area contributed by atoms with Gasteiger partial charge in [-0.05, 0) is 24.7 Å². The van der Waals surface area contributed by atoms with Crippen LogP contribution in [0.15, 0.2) is 18.7 Å². The summed E-state index contributed by atoms with van der Waals surface area (Å²) in [4.78, 5) is 4.07. The Hall–Kier alpha value is -0.790. The lowest BCUT2D eigenvalue weighted by molar-refractivity contribution is 0.280. The van der Waals surface area contributed by atoms with Gasteiger partial charge in [0.15, 0.2) is 0 Å². The van der Waals surface area contributed by atoms with E-state index in [-0.39, 0.29) is 0 Å². The fraction of sp³-hybridized carbons (Fsp3) is 0.800. The zero-order valence-corrected chi connectivity index (χ0v) is 11.8. The first-order chi connectivity index (χ1) is 8.14. The Bertz CT molecular complexity index is 275. The second-order valence-corrected chi connectivity index (χ2v) is 5.88. The third-order valence-electron chi connectivity index (χ3n) is 3.54. The molecule has 0 aliphatic rings. The predicted molar refractivity (Wildman–Crippen MR) is 74.0 cm³/mol. The van der Waals surface area contributed by atoms with Crippen molar-refractivity contribution in [3.8, 4) is 0 Å². The van der Waals surface area contributed by atoms with Gasteiger partial charge in [-0.1, -0.05) is 46.5 Å². The predicted octanol–water partition coefficient (Wildman–Crippen LogP) is 4.66. The van der Waals surface area contributed by atoms with Crippen LogP contribution in [0.3, 0.4) is 0 Å². The highest BCUT2D eigenvalue weighted by atomic mass is 15.0. The molecule has 0 radical (unpaired) electrons. The molecule has 2 heteroatoms. The van der Waals surface area contributed by atoms with Crippen LogP contribution in [0.1, 0.15) is 65.7 Å². The first-order valence-electron chi connectivity index (χ1n) is 7.10. The van der Waals surface area contributed by atoms with Crippen molar-refractivity contribution in [3.63, 3.8) is 0 Å². The normalized spacial score (nSPS) is 11.9. The molecule has 1 aromatic rings. The molecule has 0 aliphatic carbocycles. The molecular formula is C15H28N2. The summed E-state index contributed by atoms with van der Waals surface area (Å²) < 4.78 is 2.17. The molecule has 1 rings (SSSR count). The van der Waals surface area contributed by atoms with E-state index in [2.05, 4.69) is 30.3 Å². The highest BCUT2D eigenvalue weighted by Crippen LogP contribution is 2.29. The molecule has 0 amide bonds. The Balaban J connectivity index is 2.11. The van der Waals surface area contributed by atoms with Crippen LogP contribution in [0.2, 0.25) is 0 Å². The number of nitrogens with zero attached hydrogens (tertiary/aromatic N) is 2. The largest absolute Gasteiger partial charge is 0.337 e. The lowest BCUT2D eigenvalue weighted by Crippen LogP contribution is -2.12. The van der Waals surface area contributed by atoms with E-state index in [1.165, 1.54) is 44.9 Å². The smallest absolute Gasteiger partial charge is 0.0945 e. The van der Waals surface area contributed by atoms with Crippen molar-refractivity contribution >= 4 is 0 Å². The molecule has 0 fully saturated rings. The van der Waals surface area contributed by atoms with Crippen LogP contribution in [-0.2, 0) is 6.54 Å². The molecule has 0 atom stereocenters. The average molecular weight is 236 g/mol. The van der Waals surface area contributed by atoms with Gasteiger partial charge in [0.05, 0.1) is 6.33 Å². The Labute approximate surface area is 106 Å². The summed E-state index contributed by atoms with van der Waals surface area (Å²) in [6.07, 6.45) is 15.3. The summed E-state index contributed by atoms with van der Waals surface area (Å²) in [6.45, 7) is 8.20. The fourth-order valence-electron chi connectivity index (χ4n) is 2.31. The maximum absolute atomic E-state index is 4.07. The van der Waals surface area contributed by atoms with Gasteiger partial charge in [0.2, 0.25) is 0 Å². The SMILES string of the molecule is CCCCCCC(C)(C)CCCn1ccnc1. The topological polar surface area (TPSA) is 17.8 Å². The Kier molecular flexibility index (Phi) is 6.31. The number of aromatic nitrogens is 2. The van der Waals surface area contributed by atoms with Crippen LogP contribution >= 0.6 is 0 Å². The van der Waals surface area contributed by atoms with Crippen molar-refractivity contribution < 1.29 is 0 Å². The number of hydrogen-bond donors (Lipinski definition) is 0. The van der Waals surface area contributed by atoms with Crippen LogP contribution < -0.4 is 0 Å². The van der Waals surface area contributed by atoms with Crippen molar-refractivity contribution in [3.05, 3.63) is 18.7 Å². The van der Waals surface area contributed by atoms with E-state index in [0.717, 1.165) is 6.54 Å². The van der Waals surface area contributed by atoms with Gasteiger partial charge in [0, 0.05) is 18.9 Å². The number of imidazole rings is 1. The van der Waals surface area contributed by atoms with E-state index < -0.39 is 0 Å². The molecule has 0 saturated carbocycles. The van der Waals surface area contributed by atoms with Crippen molar-refractivity contribution in [1.82, 2.24) is 9.55 Å². The summed E-state index contributed by atoms with van der Waals surface area (Å²) in [6, 6.07) is 0. The highest BCUT2D eigenvalue weighted by Gasteiger charge is 2.16. The summed E-state index contributed by atoms with van der Waals surface area (Å²) in [5.41, 5.74) is 0.508. The number of unbranched alkanes of at least 4 members (excludes halogenated alkanes) is 3. The van der Waals surface area contributed by atoms with Crippen LogP contribution in [-0.4, -0.2) is 9.55 Å². The number of rotatable bonds is 9. The molecule has 0 N–H and O–H groups in total. The summed E-state index contributed by atoms with van der Waals surface area (Å²) in [7, 11) is 0. The number of hydrogen-bond acceptors (Lipinski definition) is 1. The van der Waals surface area contributed by atoms with Gasteiger partial charge < -0.3 is 4.57 Å². The minimum atomic E-state index is 0.508. The maximum Gasteiger partial charge on any atom is 0.0945 e. The van der Waals surface area contributed by atoms with E-state index in [1.807, 2.05) is 18.7 Å². The van der Waals surface area contributed by atoms with Gasteiger partial charge in [0.25, 0.3) is 0 Å². The van der Waals surface area contributed by atoms with E-state index in [1.54, 1.807) is 0 Å². The summed E-state index contributed by atoms with van der Waals surface area (Å²) >= 11 is 0. The molecule has 0 bridgehead atoms. The van der Waals surface area contributed by atoms with Crippen molar-refractivity contribution in [2.24, 2.45) is 5.41 Å². The van der Waals surface area contributed by atoms with Gasteiger partial charge in [-0.3, -0.25) is 0 Å². The molecule has 0 unspecified atom stereocenters. The molecule has 1 heterocycles. The molecule has 98 valence electrons. The molecule has 0 aromatic carbocycles. The molecule has 17 heavy (non-hydrogen) atoms. The molecule has 0 saturated heterocycles. The van der Waals surface area contributed by atoms with Crippen molar-refractivity contribution in [2.75, 3.05) is 0 Å². The third kappa shape index (κ3) is 6.50. The molecule has 0 aliphatic heterocycles. The Morgan fingerprint density at radius 2 is 1.82 bits per heavy atom. The average Bonchev–Trinajstić information content (AvgIpc) is 2.77. The standard InChI is InChI=1S/C15H28N2/c1-4-5-6-7-9-15(2,3)10-8-12-17-13-11-16-14-17/h11,13-14H,4-10,12H2,1-3H3. The lowest BCUT2D eigenvalue weighted by atomic mass is 9.82. The van der Waals surface area contributed by atoms with E-state index >= 15 is 0 Å². The van der Waals surface area contributed by atoms with Gasteiger partial charge in [-0.15, -0.1) is 0 Å². The van der Waals surface area contributed by atoms with Crippen LogP contribution in [0.4, 0.5) is 0 Å². The summed E-state index contributed by atoms with van der Waals surface area (Å²) in [5.74, 6) is 0. The van der Waals surface area contributed by atoms with Gasteiger partial charge in [-0.25, -0.2) is 4.98 Å². The summed E-state index contributed by atoms with van der Waals surface area (Å²) in [5, 5.41) is 0. The van der Waals surface area contributed by atoms with Gasteiger partial charge >= 0.3 is 0 Å². The highest BCUT2D eigenvalue weighted by molar-refractivity contribution is 4.75. The molecule has 2 nitrogen and oxygen atoms in total. The Morgan fingerprint density at radius 3 is 2.47 bits per heavy atom. The van der Waals surface area contributed by atoms with Gasteiger partial charge in [0.1, 0.15) is 0 Å². The van der Waals surface area contributed by atoms with Crippen molar-refractivity contribution in [1.29, 1.82) is 0 Å². The monoisotopic (exact) mass is 236 g/mol. The van der Waals surface area contributed by atoms with Crippen LogP contribution in [0.25, 0.3) is 0 Å². The van der Waals surface area contributed by atoms with Crippen LogP contribution in [0, 0.1) is 5.41 Å². The van der Waals surface area contributed by atoms with E-state index in [4.69, 9.17) is 0 Å². The fourth-order valence-corrected chi connectivity index (χ4v) is 2.31. The minimum absolute atomic E-state index is 0.508. The molecule has 1 aromatic heterocycles. The first-order valence-corrected chi connectivity index (χ1v) is 7.10. The maximum atomic E-state index is 4.07. The molecular weight excluding hydrogens is 208 g/mol. The van der Waals surface area contributed by atoms with Gasteiger partial charge in [-0.2, -0.15) is 0 Å². The Morgan fingerprint density at radius 1 is 1.06 bits per heavy atom. The zero-order valence-electron chi connectivity index (χ0n) is 11.8. The number of aryl methyl sites for hydroxylation is 1. The lowest BCUT2D eigenvalue weighted by Gasteiger charge is -2.24. The van der Waals surface area contributed by atoms with Crippen molar-refractivity contribution in [2.45, 2.75) is 72.3 Å². The first kappa shape index (κ1) is 14.3. The second kappa shape index (κ2) is 7.52. The third-order valence-corrected chi connectivity index (χ3v) is 3.54. The minimum Gasteiger partial charge on any atom is -0.337 e. The van der Waals surface area contributed by atoms with E-state index in [9.17, 15) is 0 Å². The second-order valence-electron chi connectivity index (χ2n) is 5.88. The zero-order chi connectivity index (χ0) is 12.6. The quantitative estimate of drug-likeness (QED) is 0.570. The van der Waals surface area contributed by atoms with E-state index in [0.29, 0.717) is 5.41 Å². The van der Waals surface area contributed by atoms with Crippen LogP contribution in [0.5, 0.6) is 0 Å². The molecule has 0 spiro atoms.